The van der Waals surface area contributed by atoms with E-state index in [0.717, 1.165) is 42.6 Å². The molecule has 0 spiro atoms. The second-order valence-corrected chi connectivity index (χ2v) is 6.50. The zero-order valence-electron chi connectivity index (χ0n) is 16.0. The van der Waals surface area contributed by atoms with Crippen LogP contribution in [-0.2, 0) is 14.3 Å². The zero-order valence-corrected chi connectivity index (χ0v) is 16.0. The van der Waals surface area contributed by atoms with Crippen LogP contribution in [0.5, 0.6) is 0 Å². The normalized spacial score (nSPS) is 16.7. The number of rotatable bonds is 8. The van der Waals surface area contributed by atoms with Gasteiger partial charge in [0.25, 0.3) is 11.8 Å². The molecule has 0 aliphatic carbocycles. The molecule has 0 bridgehead atoms. The number of morpholine rings is 1. The number of benzene rings is 1. The molecular formula is C19H31N4O3+. The Morgan fingerprint density at radius 1 is 1.19 bits per heavy atom. The van der Waals surface area contributed by atoms with Gasteiger partial charge in [-0.25, -0.2) is 0 Å². The van der Waals surface area contributed by atoms with E-state index in [9.17, 15) is 9.59 Å². The van der Waals surface area contributed by atoms with Crippen LogP contribution >= 0.6 is 0 Å². The molecule has 0 saturated carbocycles. The highest BCUT2D eigenvalue weighted by Crippen LogP contribution is 2.19. The van der Waals surface area contributed by atoms with Gasteiger partial charge in [0, 0.05) is 31.0 Å². The van der Waals surface area contributed by atoms with Crippen molar-refractivity contribution >= 4 is 23.2 Å². The molecule has 1 saturated heterocycles. The summed E-state index contributed by atoms with van der Waals surface area (Å²) in [7, 11) is 0. The van der Waals surface area contributed by atoms with Crippen molar-refractivity contribution in [1.82, 2.24) is 5.32 Å². The molecule has 26 heavy (non-hydrogen) atoms. The number of nitrogens with zero attached hydrogens (tertiary/aromatic N) is 1. The molecule has 1 aromatic rings. The van der Waals surface area contributed by atoms with E-state index < -0.39 is 0 Å². The van der Waals surface area contributed by atoms with Crippen molar-refractivity contribution in [3.8, 4) is 0 Å². The molecule has 0 radical (unpaired) electrons. The topological polar surface area (TPSA) is 75.1 Å². The van der Waals surface area contributed by atoms with Gasteiger partial charge in [0.05, 0.1) is 19.8 Å². The van der Waals surface area contributed by atoms with Crippen LogP contribution < -0.4 is 20.4 Å². The summed E-state index contributed by atoms with van der Waals surface area (Å²) in [6.07, 6.45) is 0. The first-order valence-corrected chi connectivity index (χ1v) is 9.40. The third kappa shape index (κ3) is 5.71. The van der Waals surface area contributed by atoms with E-state index in [4.69, 9.17) is 4.74 Å². The molecule has 1 heterocycles. The second kappa shape index (κ2) is 10.1. The van der Waals surface area contributed by atoms with Crippen LogP contribution in [0.2, 0.25) is 0 Å². The Morgan fingerprint density at radius 2 is 1.85 bits per heavy atom. The SMILES string of the molecule is CCNC(=O)C[NH+](CC)[C@@H](C)C(=O)Nc1ccc(N2CCOCC2)cc1. The Labute approximate surface area is 155 Å². The highest BCUT2D eigenvalue weighted by atomic mass is 16.5. The maximum absolute atomic E-state index is 12.5. The van der Waals surface area contributed by atoms with Crippen molar-refractivity contribution in [2.45, 2.75) is 26.8 Å². The van der Waals surface area contributed by atoms with Crippen LogP contribution in [0, 0.1) is 0 Å². The van der Waals surface area contributed by atoms with Crippen molar-refractivity contribution in [3.63, 3.8) is 0 Å². The Hall–Kier alpha value is -2.12. The molecule has 0 aromatic heterocycles. The number of hydrogen-bond donors (Lipinski definition) is 3. The molecule has 2 amide bonds. The van der Waals surface area contributed by atoms with Gasteiger partial charge in [-0.2, -0.15) is 0 Å². The highest BCUT2D eigenvalue weighted by Gasteiger charge is 2.25. The molecule has 1 unspecified atom stereocenters. The van der Waals surface area contributed by atoms with Crippen molar-refractivity contribution < 1.29 is 19.2 Å². The van der Waals surface area contributed by atoms with Crippen LogP contribution in [0.15, 0.2) is 24.3 Å². The Morgan fingerprint density at radius 3 is 2.42 bits per heavy atom. The van der Waals surface area contributed by atoms with Gasteiger partial charge < -0.3 is 25.2 Å². The van der Waals surface area contributed by atoms with E-state index in [-0.39, 0.29) is 17.9 Å². The molecule has 1 aromatic carbocycles. The van der Waals surface area contributed by atoms with Gasteiger partial charge in [-0.3, -0.25) is 9.59 Å². The Kier molecular flexibility index (Phi) is 7.87. The summed E-state index contributed by atoms with van der Waals surface area (Å²) < 4.78 is 5.37. The molecule has 144 valence electrons. The molecule has 1 aliphatic heterocycles. The van der Waals surface area contributed by atoms with Gasteiger partial charge in [-0.1, -0.05) is 0 Å². The lowest BCUT2D eigenvalue weighted by atomic mass is 10.2. The summed E-state index contributed by atoms with van der Waals surface area (Å²) in [4.78, 5) is 27.6. The molecule has 2 rings (SSSR count). The minimum Gasteiger partial charge on any atom is -0.378 e. The summed E-state index contributed by atoms with van der Waals surface area (Å²) in [5, 5.41) is 5.74. The monoisotopic (exact) mass is 363 g/mol. The van der Waals surface area contributed by atoms with E-state index in [0.29, 0.717) is 19.6 Å². The van der Waals surface area contributed by atoms with Gasteiger partial charge >= 0.3 is 0 Å². The van der Waals surface area contributed by atoms with E-state index >= 15 is 0 Å². The number of nitrogens with one attached hydrogen (secondary N) is 3. The number of carbonyl (C=O) groups is 2. The zero-order chi connectivity index (χ0) is 18.9. The van der Waals surface area contributed by atoms with Gasteiger partial charge in [-0.05, 0) is 45.0 Å². The van der Waals surface area contributed by atoms with Crippen LogP contribution in [-0.4, -0.2) is 63.8 Å². The fraction of sp³-hybridized carbons (Fsp3) is 0.579. The number of amides is 2. The van der Waals surface area contributed by atoms with E-state index in [1.54, 1.807) is 0 Å². The van der Waals surface area contributed by atoms with Crippen LogP contribution in [0.25, 0.3) is 0 Å². The van der Waals surface area contributed by atoms with Gasteiger partial charge in [0.1, 0.15) is 0 Å². The average Bonchev–Trinajstić information content (AvgIpc) is 2.67. The maximum atomic E-state index is 12.5. The summed E-state index contributed by atoms with van der Waals surface area (Å²) in [6, 6.07) is 7.58. The first-order chi connectivity index (χ1) is 12.5. The third-order valence-corrected chi connectivity index (χ3v) is 4.73. The fourth-order valence-corrected chi connectivity index (χ4v) is 3.06. The lowest BCUT2D eigenvalue weighted by molar-refractivity contribution is -0.904. The number of anilines is 2. The first-order valence-electron chi connectivity index (χ1n) is 9.40. The predicted octanol–water partition coefficient (Wildman–Crippen LogP) is -0.109. The number of quaternary nitrogens is 1. The summed E-state index contributed by atoms with van der Waals surface area (Å²) in [6.45, 7) is 10.6. The smallest absolute Gasteiger partial charge is 0.282 e. The quantitative estimate of drug-likeness (QED) is 0.603. The van der Waals surface area contributed by atoms with Crippen molar-refractivity contribution in [3.05, 3.63) is 24.3 Å². The molecule has 1 aliphatic rings. The van der Waals surface area contributed by atoms with Crippen molar-refractivity contribution in [1.29, 1.82) is 0 Å². The number of carbonyl (C=O) groups excluding carboxylic acids is 2. The van der Waals surface area contributed by atoms with Crippen molar-refractivity contribution in [2.24, 2.45) is 0 Å². The van der Waals surface area contributed by atoms with Crippen LogP contribution in [0.1, 0.15) is 20.8 Å². The van der Waals surface area contributed by atoms with E-state index in [1.165, 1.54) is 0 Å². The summed E-state index contributed by atoms with van der Waals surface area (Å²) >= 11 is 0. The second-order valence-electron chi connectivity index (χ2n) is 6.50. The third-order valence-electron chi connectivity index (χ3n) is 4.73. The molecule has 3 N–H and O–H groups in total. The molecule has 7 nitrogen and oxygen atoms in total. The standard InChI is InChI=1S/C19H30N4O3/c1-4-20-18(24)14-22(5-2)15(3)19(25)21-16-6-8-17(9-7-16)23-10-12-26-13-11-23/h6-9,15H,4-5,10-14H2,1-3H3,(H,20,24)(H,21,25)/p+1/t15-/m0/s1. The first kappa shape index (κ1) is 20.2. The van der Waals surface area contributed by atoms with Crippen LogP contribution in [0.4, 0.5) is 11.4 Å². The maximum Gasteiger partial charge on any atom is 0.282 e. The van der Waals surface area contributed by atoms with Gasteiger partial charge in [0.2, 0.25) is 0 Å². The summed E-state index contributed by atoms with van der Waals surface area (Å²) in [5.74, 6) is -0.107. The van der Waals surface area contributed by atoms with Gasteiger partial charge in [0.15, 0.2) is 12.6 Å². The summed E-state index contributed by atoms with van der Waals surface area (Å²) in [5.41, 5.74) is 1.91. The minimum absolute atomic E-state index is 0.0288. The van der Waals surface area contributed by atoms with Crippen LogP contribution in [0.3, 0.4) is 0 Å². The van der Waals surface area contributed by atoms with Gasteiger partial charge in [-0.15, -0.1) is 0 Å². The lowest BCUT2D eigenvalue weighted by Crippen LogP contribution is -3.17. The average molecular weight is 363 g/mol. The number of ether oxygens (including phenoxy) is 1. The number of hydrogen-bond acceptors (Lipinski definition) is 4. The van der Waals surface area contributed by atoms with Crippen molar-refractivity contribution in [2.75, 3.05) is 56.2 Å². The highest BCUT2D eigenvalue weighted by molar-refractivity contribution is 5.94. The van der Waals surface area contributed by atoms with E-state index in [1.807, 2.05) is 45.0 Å². The predicted molar refractivity (Wildman–Crippen MR) is 103 cm³/mol. The molecule has 7 heteroatoms. The molecule has 1 fully saturated rings. The van der Waals surface area contributed by atoms with E-state index in [2.05, 4.69) is 15.5 Å². The molecule has 2 atom stereocenters. The Balaban J connectivity index is 1.91. The Bertz CT molecular complexity index is 585. The minimum atomic E-state index is -0.304. The largest absolute Gasteiger partial charge is 0.378 e. The molecular weight excluding hydrogens is 332 g/mol. The fourth-order valence-electron chi connectivity index (χ4n) is 3.06. The lowest BCUT2D eigenvalue weighted by Gasteiger charge is -2.29. The number of likely N-dealkylation sites (N-methyl/N-ethyl adjacent to an activating group) is 2.